The second kappa shape index (κ2) is 34.2. The summed E-state index contributed by atoms with van der Waals surface area (Å²) < 4.78 is 37.3. The number of hydrogen-bond acceptors (Lipinski definition) is 17. The van der Waals surface area contributed by atoms with E-state index in [0.29, 0.717) is 103 Å². The van der Waals surface area contributed by atoms with E-state index in [0.717, 1.165) is 134 Å². The van der Waals surface area contributed by atoms with Gasteiger partial charge in [0.25, 0.3) is 0 Å². The van der Waals surface area contributed by atoms with E-state index >= 15 is 8.78 Å². The molecule has 1 saturated carbocycles. The summed E-state index contributed by atoms with van der Waals surface area (Å²) in [4.78, 5) is 116. The van der Waals surface area contributed by atoms with Gasteiger partial charge in [-0.05, 0) is 158 Å². The number of anilines is 3. The van der Waals surface area contributed by atoms with E-state index in [-0.39, 0.29) is 102 Å². The van der Waals surface area contributed by atoms with Gasteiger partial charge in [-0.25, -0.2) is 18.7 Å². The van der Waals surface area contributed by atoms with Crippen molar-refractivity contribution in [3.63, 3.8) is 0 Å². The van der Waals surface area contributed by atoms with Crippen molar-refractivity contribution in [3.8, 4) is 0 Å². The van der Waals surface area contributed by atoms with Crippen LogP contribution in [-0.2, 0) is 51.3 Å². The van der Waals surface area contributed by atoms with Gasteiger partial charge in [0.05, 0.1) is 43.1 Å². The summed E-state index contributed by atoms with van der Waals surface area (Å²) in [6, 6.07) is 9.69. The molecule has 0 radical (unpaired) electrons. The fraction of sp³-hybridized carbons (Fsp3) is 0.689. The van der Waals surface area contributed by atoms with Crippen molar-refractivity contribution in [3.05, 3.63) is 77.1 Å². The molecule has 0 bridgehead atoms. The number of piperazine rings is 1. The summed E-state index contributed by atoms with van der Waals surface area (Å²) in [6.45, 7) is 17.6. The van der Waals surface area contributed by atoms with Gasteiger partial charge in [-0.15, -0.1) is 0 Å². The minimum atomic E-state index is -0.859. The lowest BCUT2D eigenvalue weighted by Crippen LogP contribution is -2.66. The minimum Gasteiger partial charge on any atom is -0.378 e. The maximum absolute atomic E-state index is 15.8. The number of fused-ring (bicyclic) bond motifs is 1. The molecule has 2 spiro atoms. The van der Waals surface area contributed by atoms with Crippen molar-refractivity contribution >= 4 is 58.7 Å². The number of nitrogens with zero attached hydrogens (tertiary/aromatic N) is 8. The zero-order valence-corrected chi connectivity index (χ0v) is 59.6. The highest BCUT2D eigenvalue weighted by atomic mass is 19.1. The molecule has 100 heavy (non-hydrogen) atoms. The average Bonchev–Trinajstić information content (AvgIpc) is 1.29. The van der Waals surface area contributed by atoms with Crippen LogP contribution in [0.15, 0.2) is 48.8 Å². The Morgan fingerprint density at radius 3 is 2.22 bits per heavy atom. The van der Waals surface area contributed by atoms with Crippen LogP contribution in [0.4, 0.5) is 26.1 Å². The van der Waals surface area contributed by atoms with Crippen LogP contribution in [-0.4, -0.2) is 226 Å². The first-order valence-electron chi connectivity index (χ1n) is 37.3. The Morgan fingerprint density at radius 2 is 1.45 bits per heavy atom. The number of carbonyl (C=O) groups excluding carboxylic acids is 7. The maximum atomic E-state index is 15.8. The molecule has 1 aromatic heterocycles. The molecule has 11 rings (SSSR count). The van der Waals surface area contributed by atoms with Crippen molar-refractivity contribution in [2.45, 2.75) is 185 Å². The summed E-state index contributed by atoms with van der Waals surface area (Å²) in [5.41, 5.74) is 2.61. The summed E-state index contributed by atoms with van der Waals surface area (Å²) >= 11 is 0. The molecule has 6 aliphatic heterocycles. The third-order valence-corrected chi connectivity index (χ3v) is 22.8. The van der Waals surface area contributed by atoms with Gasteiger partial charge in [0.2, 0.25) is 41.4 Å². The number of likely N-dealkylation sites (tertiary alicyclic amines) is 4. The minimum absolute atomic E-state index is 0.0289. The van der Waals surface area contributed by atoms with Crippen molar-refractivity contribution in [1.82, 2.24) is 66.8 Å². The quantitative estimate of drug-likeness (QED) is 0.0429. The summed E-state index contributed by atoms with van der Waals surface area (Å²) in [5.74, 6) is -1.27. The first-order valence-corrected chi connectivity index (χ1v) is 37.3. The Balaban J connectivity index is 0.534. The predicted octanol–water partition coefficient (Wildman–Crippen LogP) is 4.92. The van der Waals surface area contributed by atoms with Crippen LogP contribution in [0, 0.1) is 28.4 Å². The van der Waals surface area contributed by atoms with Gasteiger partial charge >= 0.3 is 0 Å². The van der Waals surface area contributed by atoms with Gasteiger partial charge < -0.3 is 71.8 Å². The third kappa shape index (κ3) is 19.7. The number of aromatic nitrogens is 2. The number of carbonyl (C=O) groups is 7. The zero-order valence-electron chi connectivity index (χ0n) is 59.6. The molecule has 26 heteroatoms. The highest BCUT2D eigenvalue weighted by Gasteiger charge is 2.47. The molecule has 7 amide bonds. The fourth-order valence-corrected chi connectivity index (χ4v) is 16.6. The van der Waals surface area contributed by atoms with Crippen LogP contribution in [0.2, 0.25) is 0 Å². The number of likely N-dealkylation sites (N-methyl/N-ethyl adjacent to an activating group) is 1. The van der Waals surface area contributed by atoms with E-state index in [2.05, 4.69) is 92.0 Å². The number of hydrogen-bond donors (Lipinski definition) is 8. The summed E-state index contributed by atoms with van der Waals surface area (Å²) in [7, 11) is 1.70. The van der Waals surface area contributed by atoms with E-state index in [9.17, 15) is 33.6 Å². The molecule has 0 unspecified atom stereocenters. The second-order valence-corrected chi connectivity index (χ2v) is 30.7. The van der Waals surface area contributed by atoms with Crippen LogP contribution in [0.5, 0.6) is 0 Å². The summed E-state index contributed by atoms with van der Waals surface area (Å²) in [5, 5.41) is 24.8. The lowest BCUT2D eigenvalue weighted by molar-refractivity contribution is -0.143. The number of piperidine rings is 2. The van der Waals surface area contributed by atoms with Gasteiger partial charge in [0.15, 0.2) is 0 Å². The number of aryl methyl sites for hydroxylation is 1. The average molecular weight is 1390 g/mol. The molecule has 7 fully saturated rings. The number of benzene rings is 2. The molecule has 8 aliphatic rings. The number of ether oxygens (including phenoxy) is 1. The number of amides is 7. The van der Waals surface area contributed by atoms with E-state index in [4.69, 9.17) is 4.74 Å². The van der Waals surface area contributed by atoms with Gasteiger partial charge in [-0.3, -0.25) is 38.5 Å². The molecule has 548 valence electrons. The molecule has 7 heterocycles. The van der Waals surface area contributed by atoms with E-state index in [1.54, 1.807) is 23.8 Å². The van der Waals surface area contributed by atoms with Crippen molar-refractivity contribution in [2.24, 2.45) is 16.7 Å². The molecule has 2 aliphatic carbocycles. The molecule has 24 nitrogen and oxygen atoms in total. The Bertz CT molecular complexity index is 3320. The molecule has 3 aromatic rings. The SMILES string of the molecule is CN[C@@H](C)C(=O)N[C@H](C(=O)N1C[C@@H](NC(=O)CCC(=O)NCCOCCN2CC[C@]3(CCN(CCC(=O)NCCCNc4cc(N5CCC6(CC5)CN(c5cc(F)c(CN7CCC(C)(C)CC7)cc5F)CC(=O)N6)ncn4)C3)C2)C[C@H]1C(=O)N[C@@H]1CCCc2ccccc21)C1CCCCC1. The molecular formula is C74H110F2N16O8. The van der Waals surface area contributed by atoms with Gasteiger partial charge in [-0.2, -0.15) is 0 Å². The normalized spacial score (nSPS) is 24.0. The van der Waals surface area contributed by atoms with Crippen LogP contribution >= 0.6 is 0 Å². The lowest BCUT2D eigenvalue weighted by Gasteiger charge is -2.48. The Hall–Kier alpha value is -7.13. The van der Waals surface area contributed by atoms with Gasteiger partial charge in [0, 0.05) is 122 Å². The topological polar surface area (TPSA) is 270 Å². The Kier molecular flexibility index (Phi) is 25.4. The van der Waals surface area contributed by atoms with Gasteiger partial charge in [0.1, 0.15) is 41.7 Å². The highest BCUT2D eigenvalue weighted by Crippen LogP contribution is 2.40. The molecule has 6 saturated heterocycles. The van der Waals surface area contributed by atoms with Crippen molar-refractivity contribution < 1.29 is 47.1 Å². The maximum Gasteiger partial charge on any atom is 0.246 e. The second-order valence-electron chi connectivity index (χ2n) is 30.7. The number of halogens is 2. The highest BCUT2D eigenvalue weighted by molar-refractivity contribution is 5.94. The first-order chi connectivity index (χ1) is 48.2. The van der Waals surface area contributed by atoms with Crippen LogP contribution < -0.4 is 52.3 Å². The van der Waals surface area contributed by atoms with E-state index < -0.39 is 41.3 Å². The lowest BCUT2D eigenvalue weighted by atomic mass is 9.82. The van der Waals surface area contributed by atoms with Crippen molar-refractivity contribution in [2.75, 3.05) is 140 Å². The molecule has 2 aromatic carbocycles. The molecular weight excluding hydrogens is 1280 g/mol. The standard InChI is InChI=1S/C74H110F2N16O8/c1-51(77-4)69(97)85-68(53-13-6-5-7-14-53)71(99)92-45-55(41-61(92)70(98)84-59-17-10-15-52-12-8-9-16-56(52)59)83-66(95)19-18-64(93)80-29-38-100-39-37-89-34-24-73(48-89)23-33-88(47-73)30-20-65(94)79-28-11-27-78-62-43-63(82-50-81-62)90-35-25-74(26-36-90)49-91(46-67(96)86-74)60-42-57(75)54(40-58(60)76)44-87-31-21-72(2,3)22-32-87/h8-9,12,16,40,42-43,50-51,53,55,59,61,68,77H,5-7,10-11,13-15,17-39,41,44-49H2,1-4H3,(H,79,94)(H,80,93)(H,83,95)(H,84,98)(H,85,97)(H,86,96)(H,78,81,82)/t51-,55-,59+,61-,68-,73-/m0/s1. The molecule has 6 atom stereocenters. The smallest absolute Gasteiger partial charge is 0.246 e. The van der Waals surface area contributed by atoms with Crippen LogP contribution in [0.3, 0.4) is 0 Å². The monoisotopic (exact) mass is 1390 g/mol. The van der Waals surface area contributed by atoms with Crippen LogP contribution in [0.1, 0.15) is 159 Å². The number of rotatable bonds is 29. The first kappa shape index (κ1) is 74.1. The zero-order chi connectivity index (χ0) is 70.4. The predicted molar refractivity (Wildman–Crippen MR) is 379 cm³/mol. The van der Waals surface area contributed by atoms with Gasteiger partial charge in [-0.1, -0.05) is 57.4 Å². The van der Waals surface area contributed by atoms with Crippen molar-refractivity contribution in [1.29, 1.82) is 0 Å². The Morgan fingerprint density at radius 1 is 0.730 bits per heavy atom. The van der Waals surface area contributed by atoms with Crippen LogP contribution in [0.25, 0.3) is 0 Å². The van der Waals surface area contributed by atoms with E-state index in [1.807, 2.05) is 24.3 Å². The number of nitrogens with one attached hydrogen (secondary N) is 8. The summed E-state index contributed by atoms with van der Waals surface area (Å²) in [6.07, 6.45) is 15.4. The Labute approximate surface area is 589 Å². The fourth-order valence-electron chi connectivity index (χ4n) is 16.6. The largest absolute Gasteiger partial charge is 0.378 e. The third-order valence-electron chi connectivity index (χ3n) is 22.8. The molecule has 8 N–H and O–H groups in total. The van der Waals surface area contributed by atoms with E-state index in [1.165, 1.54) is 24.0 Å².